The Hall–Kier alpha value is -2.41. The lowest BCUT2D eigenvalue weighted by molar-refractivity contribution is -0.140. The summed E-state index contributed by atoms with van der Waals surface area (Å²) in [4.78, 5) is 27.8. The summed E-state index contributed by atoms with van der Waals surface area (Å²) in [5, 5.41) is 6.01. The number of thiophene rings is 1. The minimum absolute atomic E-state index is 0.0595. The van der Waals surface area contributed by atoms with Gasteiger partial charge < -0.3 is 14.8 Å². The Morgan fingerprint density at radius 3 is 2.66 bits per heavy atom. The van der Waals surface area contributed by atoms with E-state index in [0.29, 0.717) is 41.5 Å². The van der Waals surface area contributed by atoms with Crippen LogP contribution in [0.4, 0.5) is 0 Å². The second-order valence-corrected chi connectivity index (χ2v) is 9.33. The normalized spacial score (nSPS) is 20.8. The molecule has 2 aliphatic rings. The molecule has 0 saturated heterocycles. The number of benzene rings is 1. The second kappa shape index (κ2) is 10.0. The van der Waals surface area contributed by atoms with Gasteiger partial charge in [-0.25, -0.2) is 4.79 Å². The molecule has 168 valence electrons. The molecule has 0 bridgehead atoms. The van der Waals surface area contributed by atoms with Crippen LogP contribution in [0.1, 0.15) is 49.0 Å². The molecule has 1 aromatic heterocycles. The fourth-order valence-electron chi connectivity index (χ4n) is 4.44. The van der Waals surface area contributed by atoms with Crippen molar-refractivity contribution in [3.05, 3.63) is 79.8 Å². The molecule has 0 amide bonds. The number of dihydropyridines is 1. The average Bonchev–Trinajstić information content (AvgIpc) is 3.31. The molecule has 1 aliphatic carbocycles. The van der Waals surface area contributed by atoms with Gasteiger partial charge in [0.05, 0.1) is 12.2 Å². The number of ketones is 1. The Morgan fingerprint density at radius 2 is 1.97 bits per heavy atom. The second-order valence-electron chi connectivity index (χ2n) is 7.92. The van der Waals surface area contributed by atoms with Crippen molar-refractivity contribution in [2.75, 3.05) is 19.8 Å². The number of allylic oxidation sites excluding steroid dienone is 3. The molecule has 4 rings (SSSR count). The minimum atomic E-state index is -0.486. The van der Waals surface area contributed by atoms with E-state index >= 15 is 0 Å². The Kier molecular flexibility index (Phi) is 7.13. The smallest absolute Gasteiger partial charge is 0.336 e. The predicted octanol–water partition coefficient (Wildman–Crippen LogP) is 5.34. The molecule has 1 aromatic carbocycles. The zero-order valence-corrected chi connectivity index (χ0v) is 19.7. The molecule has 0 saturated carbocycles. The van der Waals surface area contributed by atoms with Gasteiger partial charge in [-0.1, -0.05) is 29.8 Å². The van der Waals surface area contributed by atoms with Crippen LogP contribution in [0.3, 0.4) is 0 Å². The first-order valence-corrected chi connectivity index (χ1v) is 12.0. The van der Waals surface area contributed by atoms with Crippen molar-refractivity contribution in [2.24, 2.45) is 0 Å². The van der Waals surface area contributed by atoms with E-state index in [1.54, 1.807) is 23.5 Å². The van der Waals surface area contributed by atoms with Crippen LogP contribution in [0.5, 0.6) is 0 Å². The Morgan fingerprint density at radius 1 is 1.19 bits per heavy atom. The molecule has 0 unspecified atom stereocenters. The zero-order valence-electron chi connectivity index (χ0n) is 18.2. The molecule has 2 atom stereocenters. The van der Waals surface area contributed by atoms with E-state index in [-0.39, 0.29) is 18.3 Å². The van der Waals surface area contributed by atoms with Crippen LogP contribution < -0.4 is 5.32 Å². The lowest BCUT2D eigenvalue weighted by Gasteiger charge is -2.36. The van der Waals surface area contributed by atoms with E-state index in [2.05, 4.69) is 11.4 Å². The van der Waals surface area contributed by atoms with E-state index in [9.17, 15) is 9.59 Å². The number of carbonyl (C=O) groups excluding carboxylic acids is 2. The monoisotopic (exact) mass is 471 g/mol. The lowest BCUT2D eigenvalue weighted by atomic mass is 9.72. The largest absolute Gasteiger partial charge is 0.460 e. The summed E-state index contributed by atoms with van der Waals surface area (Å²) >= 11 is 7.78. The molecule has 0 fully saturated rings. The molecule has 32 heavy (non-hydrogen) atoms. The highest BCUT2D eigenvalue weighted by Crippen LogP contribution is 2.46. The van der Waals surface area contributed by atoms with Gasteiger partial charge in [-0.2, -0.15) is 0 Å². The van der Waals surface area contributed by atoms with Crippen molar-refractivity contribution in [3.63, 3.8) is 0 Å². The number of hydrogen-bond donors (Lipinski definition) is 1. The minimum Gasteiger partial charge on any atom is -0.460 e. The summed E-state index contributed by atoms with van der Waals surface area (Å²) < 4.78 is 10.8. The van der Waals surface area contributed by atoms with Gasteiger partial charge in [0.2, 0.25) is 0 Å². The summed E-state index contributed by atoms with van der Waals surface area (Å²) in [7, 11) is 0. The highest BCUT2D eigenvalue weighted by atomic mass is 35.5. The van der Waals surface area contributed by atoms with Crippen molar-refractivity contribution in [3.8, 4) is 0 Å². The van der Waals surface area contributed by atoms with Gasteiger partial charge in [-0.05, 0) is 49.4 Å². The molecule has 1 N–H and O–H groups in total. The van der Waals surface area contributed by atoms with Crippen LogP contribution >= 0.6 is 22.9 Å². The quantitative estimate of drug-likeness (QED) is 0.436. The fraction of sp³-hybridized carbons (Fsp3) is 0.360. The zero-order chi connectivity index (χ0) is 22.7. The molecule has 7 heteroatoms. The number of carbonyl (C=O) groups is 2. The third kappa shape index (κ3) is 4.68. The summed E-state index contributed by atoms with van der Waals surface area (Å²) in [5.74, 6) is -0.717. The van der Waals surface area contributed by atoms with Gasteiger partial charge in [0.1, 0.15) is 6.61 Å². The maximum Gasteiger partial charge on any atom is 0.336 e. The van der Waals surface area contributed by atoms with Gasteiger partial charge in [-0.15, -0.1) is 11.3 Å². The van der Waals surface area contributed by atoms with E-state index in [1.165, 1.54) is 4.88 Å². The van der Waals surface area contributed by atoms with Crippen molar-refractivity contribution in [1.82, 2.24) is 5.32 Å². The number of halogens is 1. The number of esters is 1. The fourth-order valence-corrected chi connectivity index (χ4v) is 5.39. The van der Waals surface area contributed by atoms with Gasteiger partial charge >= 0.3 is 5.97 Å². The molecule has 0 radical (unpaired) electrons. The van der Waals surface area contributed by atoms with Crippen LogP contribution in [-0.4, -0.2) is 31.6 Å². The highest BCUT2D eigenvalue weighted by Gasteiger charge is 2.41. The van der Waals surface area contributed by atoms with E-state index in [4.69, 9.17) is 21.1 Å². The third-order valence-electron chi connectivity index (χ3n) is 5.86. The number of ether oxygens (including phenoxy) is 2. The topological polar surface area (TPSA) is 64.6 Å². The van der Waals surface area contributed by atoms with Crippen LogP contribution in [0.2, 0.25) is 5.02 Å². The number of nitrogens with one attached hydrogen (secondary N) is 1. The van der Waals surface area contributed by atoms with Gasteiger partial charge in [-0.3, -0.25) is 4.79 Å². The van der Waals surface area contributed by atoms with Crippen molar-refractivity contribution >= 4 is 34.7 Å². The first-order valence-electron chi connectivity index (χ1n) is 10.8. The van der Waals surface area contributed by atoms with Crippen LogP contribution in [0, 0.1) is 0 Å². The van der Waals surface area contributed by atoms with E-state index in [1.807, 2.05) is 37.4 Å². The molecule has 0 spiro atoms. The molecule has 2 aromatic rings. The van der Waals surface area contributed by atoms with Crippen molar-refractivity contribution < 1.29 is 19.1 Å². The molecule has 1 aliphatic heterocycles. The number of rotatable bonds is 7. The van der Waals surface area contributed by atoms with Gasteiger partial charge in [0.15, 0.2) is 5.78 Å². The van der Waals surface area contributed by atoms with Crippen molar-refractivity contribution in [1.29, 1.82) is 0 Å². The Labute approximate surface area is 197 Å². The highest BCUT2D eigenvalue weighted by molar-refractivity contribution is 7.10. The average molecular weight is 472 g/mol. The summed E-state index contributed by atoms with van der Waals surface area (Å²) in [5.41, 5.74) is 3.57. The third-order valence-corrected chi connectivity index (χ3v) is 7.15. The van der Waals surface area contributed by atoms with Crippen LogP contribution in [0.15, 0.2) is 64.3 Å². The Bertz CT molecular complexity index is 1060. The molecular weight excluding hydrogens is 446 g/mol. The summed E-state index contributed by atoms with van der Waals surface area (Å²) in [6.45, 7) is 4.82. The molecule has 2 heterocycles. The lowest BCUT2D eigenvalue weighted by Crippen LogP contribution is -2.36. The first-order chi connectivity index (χ1) is 15.5. The molecular formula is C25H26ClNO4S. The van der Waals surface area contributed by atoms with Gasteiger partial charge in [0, 0.05) is 51.7 Å². The van der Waals surface area contributed by atoms with Gasteiger partial charge in [0.25, 0.3) is 0 Å². The number of Topliss-reactive ketones (excluding diaryl/α,β-unsaturated/α-hetero) is 1. The van der Waals surface area contributed by atoms with E-state index < -0.39 is 11.9 Å². The standard InChI is InChI=1S/C25H26ClNO4S/c1-3-30-10-11-31-25(29)22-15(2)27-19-13-17(21-5-4-12-32-21)14-20(28)24(19)23(22)16-6-8-18(26)9-7-16/h4-9,12,17,23,27H,3,10-11,13-14H2,1-2H3/t17-,23-/m1/s1. The summed E-state index contributed by atoms with van der Waals surface area (Å²) in [6.07, 6.45) is 1.16. The number of hydrogen-bond acceptors (Lipinski definition) is 6. The van der Waals surface area contributed by atoms with Crippen molar-refractivity contribution in [2.45, 2.75) is 38.5 Å². The molecule has 5 nitrogen and oxygen atoms in total. The maximum atomic E-state index is 13.4. The SMILES string of the molecule is CCOCCOC(=O)C1=C(C)NC2=C(C(=O)C[C@H](c3cccs3)C2)[C@@H]1c1ccc(Cl)cc1. The maximum absolute atomic E-state index is 13.4. The predicted molar refractivity (Wildman–Crippen MR) is 126 cm³/mol. The van der Waals surface area contributed by atoms with Crippen LogP contribution in [-0.2, 0) is 19.1 Å². The van der Waals surface area contributed by atoms with Crippen LogP contribution in [0.25, 0.3) is 0 Å². The van der Waals surface area contributed by atoms with E-state index in [0.717, 1.165) is 17.7 Å². The summed E-state index contributed by atoms with van der Waals surface area (Å²) in [6, 6.07) is 11.4. The first kappa shape index (κ1) is 22.8. The Balaban J connectivity index is 1.70.